The number of carbonyl (C=O) groups is 2. The maximum Gasteiger partial charge on any atom is 0.376 e. The van der Waals surface area contributed by atoms with Crippen LogP contribution in [-0.2, 0) is 14.3 Å². The number of anilines is 3. The largest absolute Gasteiger partial charge is 0.595 e. The molecule has 1 saturated carbocycles. The van der Waals surface area contributed by atoms with Crippen LogP contribution in [0.1, 0.15) is 26.2 Å². The standard InChI is InChI=1S/C23H25N5O5/c1-3-33-22(30)20-24-27(15-10-12-16(13-11-15)28(31)32)23-14-6-7-17(23)21(29)25(2)18-8-4-5-9-19(18)26(20)23/h4-5,8-13,17,28,31H,3,6-7,14H2,1-2H3. The Hall–Kier alpha value is -3.47. The number of hydrogen-bond donors (Lipinski definition) is 2. The molecular weight excluding hydrogens is 426 g/mol. The number of carbonyl (C=O) groups excluding carboxylic acids is 2. The van der Waals surface area contributed by atoms with E-state index in [1.807, 2.05) is 29.2 Å². The summed E-state index contributed by atoms with van der Waals surface area (Å²) >= 11 is 0. The summed E-state index contributed by atoms with van der Waals surface area (Å²) in [6.07, 6.45) is 2.01. The number of nitrogens with one attached hydrogen (secondary N) is 1. The van der Waals surface area contributed by atoms with Crippen LogP contribution in [0.25, 0.3) is 0 Å². The third-order valence-corrected chi connectivity index (χ3v) is 6.69. The van der Waals surface area contributed by atoms with Gasteiger partial charge in [0.2, 0.25) is 11.7 Å². The highest BCUT2D eigenvalue weighted by atomic mass is 16.8. The number of amides is 1. The topological polar surface area (TPSA) is 113 Å². The summed E-state index contributed by atoms with van der Waals surface area (Å²) in [4.78, 5) is 30.3. The van der Waals surface area contributed by atoms with Crippen LogP contribution < -0.4 is 20.0 Å². The Bertz CT molecular complexity index is 1130. The molecule has 33 heavy (non-hydrogen) atoms. The SMILES string of the molecule is CCOC(=O)C1=NN(c2ccc([NH+]([O-])O)cc2)C23CCCC2C(=O)N(C)c2ccccc2N13. The molecule has 10 heteroatoms. The van der Waals surface area contributed by atoms with Gasteiger partial charge in [0.15, 0.2) is 11.4 Å². The highest BCUT2D eigenvalue weighted by molar-refractivity contribution is 6.43. The van der Waals surface area contributed by atoms with Gasteiger partial charge in [-0.05, 0) is 50.5 Å². The summed E-state index contributed by atoms with van der Waals surface area (Å²) in [6.45, 7) is 1.92. The van der Waals surface area contributed by atoms with Gasteiger partial charge in [0.1, 0.15) is 0 Å². The van der Waals surface area contributed by atoms with Gasteiger partial charge in [0.25, 0.3) is 0 Å². The molecule has 2 N–H and O–H groups in total. The van der Waals surface area contributed by atoms with Crippen LogP contribution in [0.5, 0.6) is 0 Å². The molecule has 172 valence electrons. The molecule has 0 bridgehead atoms. The van der Waals surface area contributed by atoms with Crippen LogP contribution in [0.2, 0.25) is 0 Å². The van der Waals surface area contributed by atoms with Gasteiger partial charge in [0, 0.05) is 19.2 Å². The van der Waals surface area contributed by atoms with Crippen molar-refractivity contribution in [2.75, 3.05) is 28.5 Å². The number of fused-ring (bicyclic) bond motifs is 2. The predicted molar refractivity (Wildman–Crippen MR) is 121 cm³/mol. The molecule has 2 aromatic carbocycles. The van der Waals surface area contributed by atoms with Crippen molar-refractivity contribution >= 4 is 40.5 Å². The molecule has 2 aliphatic heterocycles. The minimum atomic E-state index is -1.03. The first kappa shape index (κ1) is 21.4. The highest BCUT2D eigenvalue weighted by Gasteiger charge is 2.63. The van der Waals surface area contributed by atoms with Crippen LogP contribution >= 0.6 is 0 Å². The van der Waals surface area contributed by atoms with Crippen molar-refractivity contribution in [3.8, 4) is 0 Å². The van der Waals surface area contributed by atoms with Gasteiger partial charge in [-0.1, -0.05) is 12.1 Å². The van der Waals surface area contributed by atoms with Gasteiger partial charge in [-0.25, -0.2) is 15.0 Å². The maximum atomic E-state index is 13.7. The first-order valence-electron chi connectivity index (χ1n) is 11.0. The Labute approximate surface area is 190 Å². The van der Waals surface area contributed by atoms with Gasteiger partial charge in [-0.3, -0.25) is 9.69 Å². The lowest BCUT2D eigenvalue weighted by atomic mass is 9.92. The molecule has 2 aromatic rings. The molecule has 1 spiro atoms. The first-order valence-corrected chi connectivity index (χ1v) is 11.0. The van der Waals surface area contributed by atoms with Crippen molar-refractivity contribution in [3.63, 3.8) is 0 Å². The lowest BCUT2D eigenvalue weighted by Crippen LogP contribution is -2.99. The molecule has 1 fully saturated rings. The zero-order valence-electron chi connectivity index (χ0n) is 18.4. The van der Waals surface area contributed by atoms with E-state index in [-0.39, 0.29) is 24.0 Å². The van der Waals surface area contributed by atoms with E-state index in [4.69, 9.17) is 9.84 Å². The van der Waals surface area contributed by atoms with Crippen LogP contribution in [0.15, 0.2) is 53.6 Å². The molecule has 0 aromatic heterocycles. The van der Waals surface area contributed by atoms with Crippen LogP contribution in [0, 0.1) is 11.1 Å². The number of benzene rings is 2. The lowest BCUT2D eigenvalue weighted by Gasteiger charge is -2.43. The molecular formula is C23H25N5O5. The van der Waals surface area contributed by atoms with Crippen molar-refractivity contribution in [2.45, 2.75) is 31.8 Å². The fourth-order valence-electron chi connectivity index (χ4n) is 5.28. The number of ether oxygens (including phenoxy) is 1. The van der Waals surface area contributed by atoms with Gasteiger partial charge >= 0.3 is 5.97 Å². The van der Waals surface area contributed by atoms with E-state index >= 15 is 0 Å². The minimum Gasteiger partial charge on any atom is -0.595 e. The normalized spacial score (nSPS) is 24.6. The molecule has 1 aliphatic carbocycles. The first-order chi connectivity index (χ1) is 15.9. The van der Waals surface area contributed by atoms with Crippen molar-refractivity contribution in [3.05, 3.63) is 53.7 Å². The summed E-state index contributed by atoms with van der Waals surface area (Å²) in [7, 11) is 1.75. The summed E-state index contributed by atoms with van der Waals surface area (Å²) in [5.74, 6) is -0.958. The summed E-state index contributed by atoms with van der Waals surface area (Å²) in [5.41, 5.74) is 1.20. The van der Waals surface area contributed by atoms with E-state index in [9.17, 15) is 20.0 Å². The second kappa shape index (κ2) is 7.84. The molecule has 3 aliphatic rings. The molecule has 2 heterocycles. The second-order valence-electron chi connectivity index (χ2n) is 8.35. The maximum absolute atomic E-state index is 13.7. The van der Waals surface area contributed by atoms with E-state index in [1.54, 1.807) is 36.0 Å². The Morgan fingerprint density at radius 2 is 1.94 bits per heavy atom. The molecule has 0 radical (unpaired) electrons. The number of rotatable bonds is 4. The van der Waals surface area contributed by atoms with Crippen molar-refractivity contribution in [2.24, 2.45) is 11.0 Å². The number of esters is 1. The van der Waals surface area contributed by atoms with Crippen LogP contribution in [-0.4, -0.2) is 42.2 Å². The Balaban J connectivity index is 1.74. The third-order valence-electron chi connectivity index (χ3n) is 6.69. The Morgan fingerprint density at radius 3 is 2.61 bits per heavy atom. The molecule has 10 nitrogen and oxygen atoms in total. The molecule has 5 rings (SSSR count). The predicted octanol–water partition coefficient (Wildman–Crippen LogP) is 1.77. The highest BCUT2D eigenvalue weighted by Crippen LogP contribution is 2.54. The number of hydrogen-bond acceptors (Lipinski definition) is 8. The Kier molecular flexibility index (Phi) is 5.08. The summed E-state index contributed by atoms with van der Waals surface area (Å²) in [5, 5.41) is 26.1. The van der Waals surface area contributed by atoms with E-state index < -0.39 is 22.8 Å². The smallest absolute Gasteiger partial charge is 0.376 e. The fraction of sp³-hybridized carbons (Fsp3) is 0.348. The number of amidine groups is 1. The summed E-state index contributed by atoms with van der Waals surface area (Å²) < 4.78 is 5.35. The van der Waals surface area contributed by atoms with E-state index in [0.29, 0.717) is 29.9 Å². The van der Waals surface area contributed by atoms with Crippen LogP contribution in [0.3, 0.4) is 0 Å². The molecule has 3 unspecified atom stereocenters. The second-order valence-corrected chi connectivity index (χ2v) is 8.35. The number of hydrazone groups is 1. The van der Waals surface area contributed by atoms with E-state index in [2.05, 4.69) is 0 Å². The molecule has 0 saturated heterocycles. The number of quaternary nitrogens is 1. The third kappa shape index (κ3) is 3.02. The van der Waals surface area contributed by atoms with E-state index in [0.717, 1.165) is 6.42 Å². The van der Waals surface area contributed by atoms with Crippen LogP contribution in [0.4, 0.5) is 22.7 Å². The summed E-state index contributed by atoms with van der Waals surface area (Å²) in [6, 6.07) is 13.8. The van der Waals surface area contributed by atoms with Gasteiger partial charge in [-0.2, -0.15) is 5.23 Å². The Morgan fingerprint density at radius 1 is 1.24 bits per heavy atom. The number of nitrogens with zero attached hydrogens (tertiary/aromatic N) is 4. The quantitative estimate of drug-likeness (QED) is 0.538. The van der Waals surface area contributed by atoms with Crippen molar-refractivity contribution < 1.29 is 24.8 Å². The minimum absolute atomic E-state index is 0.0464. The van der Waals surface area contributed by atoms with E-state index in [1.165, 1.54) is 12.1 Å². The van der Waals surface area contributed by atoms with Crippen molar-refractivity contribution in [1.82, 2.24) is 0 Å². The van der Waals surface area contributed by atoms with Gasteiger partial charge in [-0.15, -0.1) is 5.10 Å². The molecule has 3 atom stereocenters. The molecule has 1 amide bonds. The number of para-hydroxylation sites is 2. The van der Waals surface area contributed by atoms with Crippen molar-refractivity contribution in [1.29, 1.82) is 0 Å². The lowest BCUT2D eigenvalue weighted by molar-refractivity contribution is -0.991. The average Bonchev–Trinajstić information content (AvgIpc) is 3.39. The van der Waals surface area contributed by atoms with Gasteiger partial charge in [0.05, 0.1) is 29.6 Å². The zero-order chi connectivity index (χ0) is 23.3. The van der Waals surface area contributed by atoms with Gasteiger partial charge < -0.3 is 14.8 Å². The fourth-order valence-corrected chi connectivity index (χ4v) is 5.28. The zero-order valence-corrected chi connectivity index (χ0v) is 18.4. The average molecular weight is 451 g/mol. The monoisotopic (exact) mass is 451 g/mol.